The molecule has 5 rings (SSSR count). The number of benzene rings is 5. The van der Waals surface area contributed by atoms with E-state index in [1.54, 1.807) is 0 Å². The van der Waals surface area contributed by atoms with E-state index in [1.165, 1.54) is 181 Å². The highest BCUT2D eigenvalue weighted by Gasteiger charge is 2.17. The second-order valence-electron chi connectivity index (χ2n) is 16.9. The zero-order valence-electron chi connectivity index (χ0n) is 36.4. The first kappa shape index (κ1) is 43.2. The fraction of sp³-hybridized carbons (Fsp3) is 0.464. The van der Waals surface area contributed by atoms with Crippen LogP contribution in [-0.2, 0) is 25.7 Å². The van der Waals surface area contributed by atoms with Crippen molar-refractivity contribution in [3.05, 3.63) is 130 Å². The minimum atomic E-state index is 1.13. The van der Waals surface area contributed by atoms with Crippen LogP contribution < -0.4 is 0 Å². The average Bonchev–Trinajstić information content (AvgIpc) is 3.22. The van der Waals surface area contributed by atoms with Gasteiger partial charge in [-0.15, -0.1) is 0 Å². The Bertz CT molecular complexity index is 1730. The molecular formula is C56H74. The Kier molecular flexibility index (Phi) is 18.0. The summed E-state index contributed by atoms with van der Waals surface area (Å²) in [7, 11) is 0. The summed E-state index contributed by atoms with van der Waals surface area (Å²) in [5.74, 6) is 0. The highest BCUT2D eigenvalue weighted by Crippen LogP contribution is 2.38. The molecule has 0 radical (unpaired) electrons. The molecule has 56 heavy (non-hydrogen) atoms. The van der Waals surface area contributed by atoms with E-state index in [2.05, 4.69) is 139 Å². The molecule has 298 valence electrons. The molecule has 0 amide bonds. The van der Waals surface area contributed by atoms with Gasteiger partial charge in [0, 0.05) is 0 Å². The lowest BCUT2D eigenvalue weighted by Gasteiger charge is -2.20. The predicted molar refractivity (Wildman–Crippen MR) is 249 cm³/mol. The van der Waals surface area contributed by atoms with E-state index in [-0.39, 0.29) is 0 Å². The molecule has 0 heterocycles. The lowest BCUT2D eigenvalue weighted by Crippen LogP contribution is -2.00. The summed E-state index contributed by atoms with van der Waals surface area (Å²) in [6, 6.07) is 38.6. The fourth-order valence-electron chi connectivity index (χ4n) is 8.55. The van der Waals surface area contributed by atoms with Gasteiger partial charge in [-0.1, -0.05) is 213 Å². The molecule has 0 saturated carbocycles. The van der Waals surface area contributed by atoms with Crippen molar-refractivity contribution in [1.29, 1.82) is 0 Å². The van der Waals surface area contributed by atoms with E-state index in [0.29, 0.717) is 0 Å². The Morgan fingerprint density at radius 1 is 0.268 bits per heavy atom. The molecule has 5 aromatic rings. The Balaban J connectivity index is 1.58. The number of rotatable bonds is 24. The number of aryl methyl sites for hydroxylation is 6. The van der Waals surface area contributed by atoms with Gasteiger partial charge in [0.15, 0.2) is 0 Å². The van der Waals surface area contributed by atoms with Gasteiger partial charge in [-0.05, 0) is 132 Å². The third kappa shape index (κ3) is 12.6. The van der Waals surface area contributed by atoms with E-state index >= 15 is 0 Å². The Morgan fingerprint density at radius 3 is 0.696 bits per heavy atom. The van der Waals surface area contributed by atoms with E-state index in [9.17, 15) is 0 Å². The molecule has 0 N–H and O–H groups in total. The van der Waals surface area contributed by atoms with Crippen LogP contribution in [0.5, 0.6) is 0 Å². The van der Waals surface area contributed by atoms with Crippen LogP contribution in [0.3, 0.4) is 0 Å². The fourth-order valence-corrected chi connectivity index (χ4v) is 8.55. The van der Waals surface area contributed by atoms with Crippen molar-refractivity contribution in [2.75, 3.05) is 0 Å². The molecule has 0 atom stereocenters. The standard InChI is InChI=1S/C56H74/c1-7-11-15-19-23-49-41-55(51(25-21-17-13-9-3)39-53(49)45-31-27-43(5)28-32-45)47-35-37-48(38-36-47)56-42-50(24-20-16-12-8-2)54(46-33-29-44(6)30-34-46)40-52(56)26-22-18-14-10-4/h27-42H,7-26H2,1-6H3. The summed E-state index contributed by atoms with van der Waals surface area (Å²) >= 11 is 0. The lowest BCUT2D eigenvalue weighted by atomic mass is 9.85. The van der Waals surface area contributed by atoms with E-state index in [4.69, 9.17) is 0 Å². The summed E-state index contributed by atoms with van der Waals surface area (Å²) in [6.45, 7) is 13.7. The van der Waals surface area contributed by atoms with Crippen molar-refractivity contribution in [1.82, 2.24) is 0 Å². The topological polar surface area (TPSA) is 0 Å². The first-order valence-corrected chi connectivity index (χ1v) is 23.0. The summed E-state index contributed by atoms with van der Waals surface area (Å²) in [4.78, 5) is 0. The molecule has 0 fully saturated rings. The van der Waals surface area contributed by atoms with E-state index in [1.807, 2.05) is 0 Å². The molecular weight excluding hydrogens is 673 g/mol. The monoisotopic (exact) mass is 747 g/mol. The highest BCUT2D eigenvalue weighted by atomic mass is 14.2. The average molecular weight is 747 g/mol. The second-order valence-corrected chi connectivity index (χ2v) is 16.9. The van der Waals surface area contributed by atoms with Crippen LogP contribution in [0, 0.1) is 13.8 Å². The zero-order valence-corrected chi connectivity index (χ0v) is 36.4. The summed E-state index contributed by atoms with van der Waals surface area (Å²) < 4.78 is 0. The third-order valence-electron chi connectivity index (χ3n) is 12.1. The molecule has 0 aliphatic heterocycles. The number of hydrogen-bond acceptors (Lipinski definition) is 0. The van der Waals surface area contributed by atoms with Gasteiger partial charge in [0.1, 0.15) is 0 Å². The third-order valence-corrected chi connectivity index (χ3v) is 12.1. The molecule has 5 aromatic carbocycles. The van der Waals surface area contributed by atoms with Crippen molar-refractivity contribution in [2.45, 2.75) is 170 Å². The maximum Gasteiger partial charge on any atom is -0.0149 e. The summed E-state index contributed by atoms with van der Waals surface area (Å²) in [6.07, 6.45) is 25.1. The van der Waals surface area contributed by atoms with Gasteiger partial charge in [-0.25, -0.2) is 0 Å². The lowest BCUT2D eigenvalue weighted by molar-refractivity contribution is 0.664. The molecule has 0 aliphatic carbocycles. The van der Waals surface area contributed by atoms with Crippen molar-refractivity contribution in [3.8, 4) is 44.5 Å². The molecule has 0 spiro atoms. The maximum absolute atomic E-state index is 2.59. The highest BCUT2D eigenvalue weighted by molar-refractivity contribution is 5.81. The van der Waals surface area contributed by atoms with Crippen LogP contribution in [0.2, 0.25) is 0 Å². The van der Waals surface area contributed by atoms with Gasteiger partial charge < -0.3 is 0 Å². The smallest absolute Gasteiger partial charge is 0.0149 e. The normalized spacial score (nSPS) is 11.4. The van der Waals surface area contributed by atoms with Crippen molar-refractivity contribution in [2.24, 2.45) is 0 Å². The van der Waals surface area contributed by atoms with Crippen molar-refractivity contribution < 1.29 is 0 Å². The minimum absolute atomic E-state index is 1.13. The maximum atomic E-state index is 2.59. The van der Waals surface area contributed by atoms with E-state index < -0.39 is 0 Å². The van der Waals surface area contributed by atoms with E-state index in [0.717, 1.165) is 25.7 Å². The van der Waals surface area contributed by atoms with Gasteiger partial charge in [0.05, 0.1) is 0 Å². The van der Waals surface area contributed by atoms with Crippen LogP contribution >= 0.6 is 0 Å². The molecule has 0 aliphatic rings. The Morgan fingerprint density at radius 2 is 0.482 bits per heavy atom. The van der Waals surface area contributed by atoms with Gasteiger partial charge >= 0.3 is 0 Å². The van der Waals surface area contributed by atoms with Crippen LogP contribution in [0.1, 0.15) is 164 Å². The zero-order chi connectivity index (χ0) is 39.5. The first-order chi connectivity index (χ1) is 27.4. The van der Waals surface area contributed by atoms with Crippen LogP contribution in [0.15, 0.2) is 97.1 Å². The SMILES string of the molecule is CCCCCCc1cc(-c2ccc(-c3cc(CCCCCC)c(-c4ccc(C)cc4)cc3CCCCCC)cc2)c(CCCCCC)cc1-c1ccc(C)cc1. The van der Waals surface area contributed by atoms with Crippen LogP contribution in [0.25, 0.3) is 44.5 Å². The number of unbranched alkanes of at least 4 members (excludes halogenated alkanes) is 12. The van der Waals surface area contributed by atoms with Gasteiger partial charge in [0.2, 0.25) is 0 Å². The molecule has 0 saturated heterocycles. The molecule has 0 aromatic heterocycles. The molecule has 0 unspecified atom stereocenters. The van der Waals surface area contributed by atoms with Gasteiger partial charge in [-0.2, -0.15) is 0 Å². The molecule has 0 nitrogen and oxygen atoms in total. The first-order valence-electron chi connectivity index (χ1n) is 23.0. The largest absolute Gasteiger partial charge is 0.0654 e. The number of hydrogen-bond donors (Lipinski definition) is 0. The van der Waals surface area contributed by atoms with Crippen molar-refractivity contribution >= 4 is 0 Å². The summed E-state index contributed by atoms with van der Waals surface area (Å²) in [5.41, 5.74) is 19.9. The van der Waals surface area contributed by atoms with Crippen LogP contribution in [-0.4, -0.2) is 0 Å². The van der Waals surface area contributed by atoms with Crippen molar-refractivity contribution in [3.63, 3.8) is 0 Å². The molecule has 0 heteroatoms. The van der Waals surface area contributed by atoms with Crippen LogP contribution in [0.4, 0.5) is 0 Å². The second kappa shape index (κ2) is 23.4. The van der Waals surface area contributed by atoms with Gasteiger partial charge in [-0.3, -0.25) is 0 Å². The Hall–Kier alpha value is -3.90. The predicted octanol–water partition coefficient (Wildman–Crippen LogP) is 17.5. The Labute approximate surface area is 343 Å². The minimum Gasteiger partial charge on any atom is -0.0654 e. The molecule has 0 bridgehead atoms. The van der Waals surface area contributed by atoms with Gasteiger partial charge in [0.25, 0.3) is 0 Å². The quantitative estimate of drug-likeness (QED) is 0.0552. The summed E-state index contributed by atoms with van der Waals surface area (Å²) in [5, 5.41) is 0.